The normalized spacial score (nSPS) is 10.8. The molecule has 1 amide bonds. The van der Waals surface area contributed by atoms with E-state index >= 15 is 0 Å². The molecule has 0 radical (unpaired) electrons. The molecule has 0 unspecified atom stereocenters. The number of H-pyrrole nitrogens is 1. The lowest BCUT2D eigenvalue weighted by molar-refractivity contribution is 0.102. The molecule has 0 fully saturated rings. The lowest BCUT2D eigenvalue weighted by Crippen LogP contribution is -2.11. The minimum absolute atomic E-state index is 0.246. The fourth-order valence-electron chi connectivity index (χ4n) is 2.11. The second kappa shape index (κ2) is 4.94. The Labute approximate surface area is 120 Å². The van der Waals surface area contributed by atoms with Gasteiger partial charge in [-0.2, -0.15) is 0 Å². The van der Waals surface area contributed by atoms with Gasteiger partial charge >= 0.3 is 5.76 Å². The van der Waals surface area contributed by atoms with Gasteiger partial charge < -0.3 is 9.73 Å². The standard InChI is InChI=1S/C16H14N2O3/c1-9-3-5-12(7-10(9)2)17-15(19)11-4-6-13-14(8-11)21-16(20)18-13/h3-8H,1-2H3,(H,17,19)(H,18,20). The summed E-state index contributed by atoms with van der Waals surface area (Å²) >= 11 is 0. The maximum absolute atomic E-state index is 12.2. The Balaban J connectivity index is 1.89. The molecule has 0 atom stereocenters. The zero-order chi connectivity index (χ0) is 15.0. The number of aromatic amines is 1. The van der Waals surface area contributed by atoms with Crippen molar-refractivity contribution in [1.29, 1.82) is 0 Å². The second-order valence-electron chi connectivity index (χ2n) is 4.98. The summed E-state index contributed by atoms with van der Waals surface area (Å²) in [5, 5.41) is 2.83. The zero-order valence-electron chi connectivity index (χ0n) is 11.7. The van der Waals surface area contributed by atoms with E-state index in [1.165, 1.54) is 5.56 Å². The summed E-state index contributed by atoms with van der Waals surface area (Å²) in [5.74, 6) is -0.777. The number of hydrogen-bond donors (Lipinski definition) is 2. The number of hydrogen-bond acceptors (Lipinski definition) is 3. The van der Waals surface area contributed by atoms with Gasteiger partial charge in [0.1, 0.15) is 0 Å². The van der Waals surface area contributed by atoms with E-state index in [4.69, 9.17) is 4.42 Å². The summed E-state index contributed by atoms with van der Waals surface area (Å²) in [6, 6.07) is 10.6. The average molecular weight is 282 g/mol. The lowest BCUT2D eigenvalue weighted by atomic mass is 10.1. The minimum atomic E-state index is -0.531. The molecule has 0 saturated carbocycles. The molecule has 0 bridgehead atoms. The maximum Gasteiger partial charge on any atom is 0.417 e. The number of carbonyl (C=O) groups is 1. The summed E-state index contributed by atoms with van der Waals surface area (Å²) in [5.41, 5.74) is 4.39. The minimum Gasteiger partial charge on any atom is -0.408 e. The Morgan fingerprint density at radius 1 is 1.10 bits per heavy atom. The maximum atomic E-state index is 12.2. The van der Waals surface area contributed by atoms with E-state index in [1.807, 2.05) is 32.0 Å². The van der Waals surface area contributed by atoms with Crippen LogP contribution in [-0.4, -0.2) is 10.9 Å². The molecule has 1 heterocycles. The van der Waals surface area contributed by atoms with Crippen molar-refractivity contribution in [2.45, 2.75) is 13.8 Å². The number of rotatable bonds is 2. The van der Waals surface area contributed by atoms with E-state index in [9.17, 15) is 9.59 Å². The van der Waals surface area contributed by atoms with E-state index in [-0.39, 0.29) is 5.91 Å². The number of benzene rings is 2. The van der Waals surface area contributed by atoms with Crippen LogP contribution in [0.25, 0.3) is 11.1 Å². The van der Waals surface area contributed by atoms with Crippen LogP contribution < -0.4 is 11.1 Å². The van der Waals surface area contributed by atoms with Gasteiger partial charge in [0.25, 0.3) is 5.91 Å². The highest BCUT2D eigenvalue weighted by molar-refractivity contribution is 6.05. The molecule has 2 aromatic carbocycles. The fraction of sp³-hybridized carbons (Fsp3) is 0.125. The van der Waals surface area contributed by atoms with Gasteiger partial charge in [-0.25, -0.2) is 4.79 Å². The van der Waals surface area contributed by atoms with Gasteiger partial charge in [0.2, 0.25) is 0 Å². The largest absolute Gasteiger partial charge is 0.417 e. The van der Waals surface area contributed by atoms with E-state index in [0.717, 1.165) is 11.3 Å². The lowest BCUT2D eigenvalue weighted by Gasteiger charge is -2.07. The third kappa shape index (κ3) is 2.58. The Morgan fingerprint density at radius 2 is 1.90 bits per heavy atom. The topological polar surface area (TPSA) is 75.1 Å². The highest BCUT2D eigenvalue weighted by atomic mass is 16.4. The highest BCUT2D eigenvalue weighted by Crippen LogP contribution is 2.17. The van der Waals surface area contributed by atoms with E-state index in [0.29, 0.717) is 16.7 Å². The molecule has 106 valence electrons. The third-order valence-corrected chi connectivity index (χ3v) is 3.45. The Bertz CT molecular complexity index is 890. The Kier molecular flexibility index (Phi) is 3.10. The van der Waals surface area contributed by atoms with Crippen molar-refractivity contribution in [3.8, 4) is 0 Å². The van der Waals surface area contributed by atoms with Gasteiger partial charge in [-0.3, -0.25) is 9.78 Å². The molecular weight excluding hydrogens is 268 g/mol. The molecule has 0 aliphatic carbocycles. The van der Waals surface area contributed by atoms with Crippen molar-refractivity contribution in [1.82, 2.24) is 4.98 Å². The first-order valence-corrected chi connectivity index (χ1v) is 6.54. The first-order valence-electron chi connectivity index (χ1n) is 6.54. The van der Waals surface area contributed by atoms with Crippen molar-refractivity contribution in [2.24, 2.45) is 0 Å². The first kappa shape index (κ1) is 13.2. The molecule has 0 aliphatic heterocycles. The molecule has 5 nitrogen and oxygen atoms in total. The van der Waals surface area contributed by atoms with Crippen molar-refractivity contribution in [3.63, 3.8) is 0 Å². The monoisotopic (exact) mass is 282 g/mol. The average Bonchev–Trinajstić information content (AvgIpc) is 2.82. The molecule has 5 heteroatoms. The summed E-state index contributed by atoms with van der Waals surface area (Å²) in [7, 11) is 0. The molecule has 1 aromatic heterocycles. The van der Waals surface area contributed by atoms with Gasteiger partial charge in [-0.15, -0.1) is 0 Å². The number of amides is 1. The Hall–Kier alpha value is -2.82. The Morgan fingerprint density at radius 3 is 2.67 bits per heavy atom. The van der Waals surface area contributed by atoms with Gasteiger partial charge in [0, 0.05) is 11.3 Å². The third-order valence-electron chi connectivity index (χ3n) is 3.45. The van der Waals surface area contributed by atoms with Gasteiger partial charge in [-0.05, 0) is 55.3 Å². The van der Waals surface area contributed by atoms with Crippen LogP contribution in [0.3, 0.4) is 0 Å². The number of oxazole rings is 1. The zero-order valence-corrected chi connectivity index (χ0v) is 11.7. The summed E-state index contributed by atoms with van der Waals surface area (Å²) in [6.45, 7) is 4.01. The number of anilines is 1. The quantitative estimate of drug-likeness (QED) is 0.758. The molecule has 0 saturated heterocycles. The van der Waals surface area contributed by atoms with E-state index in [1.54, 1.807) is 18.2 Å². The first-order chi connectivity index (χ1) is 10.0. The predicted octanol–water partition coefficient (Wildman–Crippen LogP) is 2.99. The summed E-state index contributed by atoms with van der Waals surface area (Å²) < 4.78 is 4.95. The van der Waals surface area contributed by atoms with Gasteiger partial charge in [0.15, 0.2) is 5.58 Å². The fourth-order valence-corrected chi connectivity index (χ4v) is 2.11. The molecule has 0 aliphatic rings. The second-order valence-corrected chi connectivity index (χ2v) is 4.98. The van der Waals surface area contributed by atoms with Crippen molar-refractivity contribution in [2.75, 3.05) is 5.32 Å². The summed E-state index contributed by atoms with van der Waals surface area (Å²) in [6.07, 6.45) is 0. The van der Waals surface area contributed by atoms with Crippen LogP contribution in [0.5, 0.6) is 0 Å². The van der Waals surface area contributed by atoms with Crippen LogP contribution in [-0.2, 0) is 0 Å². The van der Waals surface area contributed by atoms with E-state index < -0.39 is 5.76 Å². The van der Waals surface area contributed by atoms with Gasteiger partial charge in [0.05, 0.1) is 5.52 Å². The van der Waals surface area contributed by atoms with Crippen LogP contribution in [0.2, 0.25) is 0 Å². The highest BCUT2D eigenvalue weighted by Gasteiger charge is 2.09. The van der Waals surface area contributed by atoms with Crippen molar-refractivity contribution >= 4 is 22.7 Å². The number of carbonyl (C=O) groups excluding carboxylic acids is 1. The number of aromatic nitrogens is 1. The number of nitrogens with one attached hydrogen (secondary N) is 2. The number of aryl methyl sites for hydroxylation is 2. The van der Waals surface area contributed by atoms with Crippen molar-refractivity contribution in [3.05, 3.63) is 63.6 Å². The van der Waals surface area contributed by atoms with Crippen molar-refractivity contribution < 1.29 is 9.21 Å². The van der Waals surface area contributed by atoms with Crippen LogP contribution in [0, 0.1) is 13.8 Å². The predicted molar refractivity (Wildman–Crippen MR) is 80.7 cm³/mol. The molecular formula is C16H14N2O3. The molecule has 21 heavy (non-hydrogen) atoms. The van der Waals surface area contributed by atoms with Crippen LogP contribution >= 0.6 is 0 Å². The number of fused-ring (bicyclic) bond motifs is 1. The SMILES string of the molecule is Cc1ccc(NC(=O)c2ccc3[nH]c(=O)oc3c2)cc1C. The summed E-state index contributed by atoms with van der Waals surface area (Å²) in [4.78, 5) is 25.9. The molecule has 3 rings (SSSR count). The van der Waals surface area contributed by atoms with Crippen LogP contribution in [0.1, 0.15) is 21.5 Å². The van der Waals surface area contributed by atoms with Crippen LogP contribution in [0.15, 0.2) is 45.6 Å². The van der Waals surface area contributed by atoms with Gasteiger partial charge in [-0.1, -0.05) is 6.07 Å². The molecule has 3 aromatic rings. The molecule has 2 N–H and O–H groups in total. The molecule has 0 spiro atoms. The van der Waals surface area contributed by atoms with E-state index in [2.05, 4.69) is 10.3 Å². The van der Waals surface area contributed by atoms with Crippen LogP contribution in [0.4, 0.5) is 5.69 Å². The smallest absolute Gasteiger partial charge is 0.408 e.